The van der Waals surface area contributed by atoms with Crippen LogP contribution in [0.15, 0.2) is 73.3 Å². The quantitative estimate of drug-likeness (QED) is 0.166. The molecule has 0 saturated carbocycles. The number of aryl methyl sites for hydroxylation is 1. The third-order valence-corrected chi connectivity index (χ3v) is 5.55. The molecule has 0 aliphatic rings. The van der Waals surface area contributed by atoms with E-state index in [2.05, 4.69) is 12.6 Å². The highest BCUT2D eigenvalue weighted by molar-refractivity contribution is 6.31. The molecule has 156 valence electrons. The molecule has 0 spiro atoms. The fourth-order valence-electron chi connectivity index (χ4n) is 3.61. The van der Waals surface area contributed by atoms with Crippen LogP contribution in [0.5, 0.6) is 0 Å². The van der Waals surface area contributed by atoms with Gasteiger partial charge in [-0.1, -0.05) is 48.0 Å². The maximum absolute atomic E-state index is 14.8. The summed E-state index contributed by atoms with van der Waals surface area (Å²) in [5.74, 6) is -4.00. The van der Waals surface area contributed by atoms with Crippen molar-refractivity contribution in [1.29, 1.82) is 0 Å². The summed E-state index contributed by atoms with van der Waals surface area (Å²) in [6.45, 7) is 3.73. The van der Waals surface area contributed by atoms with Crippen molar-refractivity contribution in [3.05, 3.63) is 107 Å². The monoisotopic (exact) mass is 440 g/mol. The third kappa shape index (κ3) is 4.21. The lowest BCUT2D eigenvalue weighted by molar-refractivity contribution is 0.579. The van der Waals surface area contributed by atoms with Crippen LogP contribution in [0.25, 0.3) is 33.0 Å². The Balaban J connectivity index is 1.74. The van der Waals surface area contributed by atoms with Crippen molar-refractivity contribution in [3.8, 4) is 22.3 Å². The van der Waals surface area contributed by atoms with E-state index in [9.17, 15) is 17.6 Å². The summed E-state index contributed by atoms with van der Waals surface area (Å²) in [5, 5.41) is 1.24. The van der Waals surface area contributed by atoms with Gasteiger partial charge in [-0.05, 0) is 76.2 Å². The predicted octanol–water partition coefficient (Wildman–Crippen LogP) is 8.50. The molecule has 0 atom stereocenters. The molecule has 0 amide bonds. The second-order valence-electron chi connectivity index (χ2n) is 7.29. The second-order valence-corrected chi connectivity index (χ2v) is 7.67. The molecule has 0 aromatic heterocycles. The number of rotatable bonds is 5. The van der Waals surface area contributed by atoms with E-state index in [1.807, 2.05) is 30.3 Å². The van der Waals surface area contributed by atoms with Gasteiger partial charge in [-0.25, -0.2) is 17.6 Å². The number of hydrogen-bond acceptors (Lipinski definition) is 0. The lowest BCUT2D eigenvalue weighted by Crippen LogP contribution is -1.95. The van der Waals surface area contributed by atoms with Crippen molar-refractivity contribution in [2.75, 3.05) is 0 Å². The normalized spacial score (nSPS) is 11.1. The van der Waals surface area contributed by atoms with Gasteiger partial charge in [-0.15, -0.1) is 6.58 Å². The maximum atomic E-state index is 14.8. The Hall–Kier alpha value is -3.11. The molecule has 0 fully saturated rings. The molecule has 4 rings (SSSR count). The first-order valence-corrected chi connectivity index (χ1v) is 10.0. The van der Waals surface area contributed by atoms with Crippen LogP contribution in [0, 0.1) is 23.3 Å². The summed E-state index contributed by atoms with van der Waals surface area (Å²) in [7, 11) is 0. The van der Waals surface area contributed by atoms with Gasteiger partial charge in [-0.2, -0.15) is 0 Å². The van der Waals surface area contributed by atoms with Crippen molar-refractivity contribution in [2.45, 2.75) is 12.8 Å². The Morgan fingerprint density at radius 1 is 0.677 bits per heavy atom. The van der Waals surface area contributed by atoms with Gasteiger partial charge in [0.05, 0.1) is 5.56 Å². The molecule has 0 aliphatic heterocycles. The predicted molar refractivity (Wildman–Crippen MR) is 118 cm³/mol. The Bertz CT molecular complexity index is 1260. The van der Waals surface area contributed by atoms with Gasteiger partial charge in [0.15, 0.2) is 0 Å². The molecule has 0 bridgehead atoms. The molecular formula is C26H17ClF4. The van der Waals surface area contributed by atoms with Crippen LogP contribution in [-0.4, -0.2) is 0 Å². The van der Waals surface area contributed by atoms with Crippen LogP contribution in [0.2, 0.25) is 5.02 Å². The molecule has 0 N–H and O–H groups in total. The van der Waals surface area contributed by atoms with Crippen molar-refractivity contribution in [3.63, 3.8) is 0 Å². The smallest absolute Gasteiger partial charge is 0.145 e. The largest absolute Gasteiger partial charge is 0.206 e. The second kappa shape index (κ2) is 8.56. The summed E-state index contributed by atoms with van der Waals surface area (Å²) in [6, 6.07) is 15.5. The minimum absolute atomic E-state index is 0.258. The van der Waals surface area contributed by atoms with Gasteiger partial charge in [0.25, 0.3) is 0 Å². The molecule has 4 aromatic rings. The average molecular weight is 441 g/mol. The summed E-state index contributed by atoms with van der Waals surface area (Å²) in [4.78, 5) is 0. The fraction of sp³-hybridized carbons (Fsp3) is 0.0769. The SMILES string of the molecule is C=CCCc1ccc2cc(-c3cc(F)c(-c4cc(F)c(Cl)c(F)c4)c(F)c3)ccc2c1. The number of benzene rings is 4. The van der Waals surface area contributed by atoms with Gasteiger partial charge >= 0.3 is 0 Å². The van der Waals surface area contributed by atoms with E-state index in [0.717, 1.165) is 47.9 Å². The Morgan fingerprint density at radius 2 is 1.26 bits per heavy atom. The van der Waals surface area contributed by atoms with Crippen molar-refractivity contribution in [2.24, 2.45) is 0 Å². The lowest BCUT2D eigenvalue weighted by Gasteiger charge is -2.11. The topological polar surface area (TPSA) is 0 Å². The number of allylic oxidation sites excluding steroid dienone is 1. The Kier molecular flexibility index (Phi) is 5.84. The third-order valence-electron chi connectivity index (χ3n) is 5.19. The summed E-state index contributed by atoms with van der Waals surface area (Å²) < 4.78 is 57.1. The van der Waals surface area contributed by atoms with Crippen LogP contribution in [0.3, 0.4) is 0 Å². The zero-order valence-corrected chi connectivity index (χ0v) is 17.1. The van der Waals surface area contributed by atoms with E-state index in [0.29, 0.717) is 11.1 Å². The zero-order valence-electron chi connectivity index (χ0n) is 16.4. The van der Waals surface area contributed by atoms with Crippen LogP contribution in [0.4, 0.5) is 17.6 Å². The van der Waals surface area contributed by atoms with Gasteiger partial charge < -0.3 is 0 Å². The number of fused-ring (bicyclic) bond motifs is 1. The van der Waals surface area contributed by atoms with Crippen molar-refractivity contribution < 1.29 is 17.6 Å². The molecule has 0 nitrogen and oxygen atoms in total. The van der Waals surface area contributed by atoms with Gasteiger partial charge in [0.1, 0.15) is 28.3 Å². The molecule has 0 heterocycles. The minimum Gasteiger partial charge on any atom is -0.206 e. The first-order chi connectivity index (χ1) is 14.9. The molecule has 0 aliphatic carbocycles. The van der Waals surface area contributed by atoms with Gasteiger partial charge in [-0.3, -0.25) is 0 Å². The first kappa shape index (κ1) is 21.1. The standard InChI is InChI=1S/C26H17ClF4/c1-2-3-4-15-5-6-17-10-18(8-7-16(17)9-15)19-11-21(28)25(22(29)12-19)20-13-23(30)26(27)24(31)14-20/h2,5-14H,1,3-4H2. The number of hydrogen-bond donors (Lipinski definition) is 0. The van der Waals surface area contributed by atoms with Crippen LogP contribution < -0.4 is 0 Å². The first-order valence-electron chi connectivity index (χ1n) is 9.65. The maximum Gasteiger partial charge on any atom is 0.145 e. The van der Waals surface area contributed by atoms with Gasteiger partial charge in [0, 0.05) is 0 Å². The highest BCUT2D eigenvalue weighted by atomic mass is 35.5. The van der Waals surface area contributed by atoms with Crippen molar-refractivity contribution in [1.82, 2.24) is 0 Å². The highest BCUT2D eigenvalue weighted by Gasteiger charge is 2.18. The van der Waals surface area contributed by atoms with E-state index < -0.39 is 33.9 Å². The average Bonchev–Trinajstić information content (AvgIpc) is 2.75. The molecule has 5 heteroatoms. The summed E-state index contributed by atoms with van der Waals surface area (Å²) in [6.07, 6.45) is 3.65. The molecule has 0 unspecified atom stereocenters. The Labute approximate surface area is 182 Å². The molecule has 31 heavy (non-hydrogen) atoms. The van der Waals surface area contributed by atoms with Gasteiger partial charge in [0.2, 0.25) is 0 Å². The highest BCUT2D eigenvalue weighted by Crippen LogP contribution is 2.34. The fourth-order valence-corrected chi connectivity index (χ4v) is 3.72. The van der Waals surface area contributed by atoms with Crippen molar-refractivity contribution >= 4 is 22.4 Å². The number of halogens is 5. The van der Waals surface area contributed by atoms with Crippen LogP contribution >= 0.6 is 11.6 Å². The van der Waals surface area contributed by atoms with E-state index in [1.165, 1.54) is 5.56 Å². The Morgan fingerprint density at radius 3 is 1.90 bits per heavy atom. The zero-order chi connectivity index (χ0) is 22.1. The van der Waals surface area contributed by atoms with E-state index >= 15 is 0 Å². The van der Waals surface area contributed by atoms with E-state index in [4.69, 9.17) is 11.6 Å². The molecule has 0 saturated heterocycles. The van der Waals surface area contributed by atoms with Crippen LogP contribution in [-0.2, 0) is 6.42 Å². The minimum atomic E-state index is -1.08. The molecular weight excluding hydrogens is 424 g/mol. The van der Waals surface area contributed by atoms with E-state index in [1.54, 1.807) is 6.07 Å². The summed E-state index contributed by atoms with van der Waals surface area (Å²) >= 11 is 5.46. The summed E-state index contributed by atoms with van der Waals surface area (Å²) in [5.41, 5.74) is 1.37. The van der Waals surface area contributed by atoms with Crippen LogP contribution in [0.1, 0.15) is 12.0 Å². The molecule has 0 radical (unpaired) electrons. The molecule has 4 aromatic carbocycles. The van der Waals surface area contributed by atoms with E-state index in [-0.39, 0.29) is 5.56 Å². The lowest BCUT2D eigenvalue weighted by atomic mass is 9.96.